The summed E-state index contributed by atoms with van der Waals surface area (Å²) in [5, 5.41) is 11.6. The second-order valence-electron chi connectivity index (χ2n) is 3.11. The molecule has 4 nitrogen and oxygen atoms in total. The highest BCUT2D eigenvalue weighted by Crippen LogP contribution is 2.36. The van der Waals surface area contributed by atoms with Gasteiger partial charge in [0.05, 0.1) is 19.4 Å². The zero-order valence-electron chi connectivity index (χ0n) is 8.89. The first-order valence-electron chi connectivity index (χ1n) is 4.66. The number of halogens is 3. The van der Waals surface area contributed by atoms with E-state index in [2.05, 4.69) is 73.1 Å². The molecular weight excluding hydrogens is 563 g/mol. The predicted octanol–water partition coefficient (Wildman–Crippen LogP) is 2.83. The second-order valence-corrected chi connectivity index (χ2v) is 6.51. The van der Waals surface area contributed by atoms with E-state index in [0.29, 0.717) is 5.75 Å². The molecule has 1 aromatic rings. The van der Waals surface area contributed by atoms with Crippen LogP contribution in [0.1, 0.15) is 6.92 Å². The number of nitrogens with one attached hydrogen (secondary N) is 1. The number of ether oxygens (including phenoxy) is 1. The lowest BCUT2D eigenvalue weighted by atomic mass is 10.3. The predicted molar refractivity (Wildman–Crippen MR) is 91.5 cm³/mol. The quantitative estimate of drug-likeness (QED) is 0.546. The summed E-state index contributed by atoms with van der Waals surface area (Å²) in [5.41, 5.74) is 0.757. The summed E-state index contributed by atoms with van der Waals surface area (Å²) < 4.78 is 8.24. The standard InChI is InChI=1S/C10H10I3NO3/c1-5(16)14-9-6(11)4-7(12)10(8(9)13)17-3-2-15/h4,15H,2-3H2,1H3,(H,14,16). The van der Waals surface area contributed by atoms with Crippen molar-refractivity contribution in [3.05, 3.63) is 16.8 Å². The van der Waals surface area contributed by atoms with Crippen molar-refractivity contribution < 1.29 is 14.6 Å². The number of hydrogen-bond donors (Lipinski definition) is 2. The monoisotopic (exact) mass is 573 g/mol. The normalized spacial score (nSPS) is 10.2. The van der Waals surface area contributed by atoms with Crippen molar-refractivity contribution in [1.29, 1.82) is 0 Å². The Morgan fingerprint density at radius 3 is 2.59 bits per heavy atom. The lowest BCUT2D eigenvalue weighted by Gasteiger charge is -2.15. The Morgan fingerprint density at radius 2 is 2.06 bits per heavy atom. The molecule has 1 aromatic carbocycles. The van der Waals surface area contributed by atoms with Crippen LogP contribution in [0.3, 0.4) is 0 Å². The van der Waals surface area contributed by atoms with Gasteiger partial charge in [0, 0.05) is 10.5 Å². The van der Waals surface area contributed by atoms with Crippen LogP contribution in [0.2, 0.25) is 0 Å². The molecule has 0 bridgehead atoms. The van der Waals surface area contributed by atoms with Crippen LogP contribution < -0.4 is 10.1 Å². The number of hydrogen-bond acceptors (Lipinski definition) is 3. The van der Waals surface area contributed by atoms with E-state index in [9.17, 15) is 4.79 Å². The lowest BCUT2D eigenvalue weighted by molar-refractivity contribution is -0.114. The van der Waals surface area contributed by atoms with Crippen molar-refractivity contribution in [2.24, 2.45) is 0 Å². The van der Waals surface area contributed by atoms with Crippen LogP contribution in [0.4, 0.5) is 5.69 Å². The van der Waals surface area contributed by atoms with Crippen LogP contribution in [-0.4, -0.2) is 24.2 Å². The Hall–Kier alpha value is 0.640. The SMILES string of the molecule is CC(=O)Nc1c(I)cc(I)c(OCCO)c1I. The van der Waals surface area contributed by atoms with Gasteiger partial charge in [0.1, 0.15) is 12.4 Å². The fourth-order valence-corrected chi connectivity index (χ4v) is 5.10. The van der Waals surface area contributed by atoms with Crippen LogP contribution in [0.15, 0.2) is 6.07 Å². The first kappa shape index (κ1) is 15.7. The van der Waals surface area contributed by atoms with E-state index in [1.165, 1.54) is 6.92 Å². The molecule has 17 heavy (non-hydrogen) atoms. The molecule has 0 aliphatic carbocycles. The number of rotatable bonds is 4. The Kier molecular flexibility index (Phi) is 6.72. The third kappa shape index (κ3) is 4.35. The summed E-state index contributed by atoms with van der Waals surface area (Å²) in [5.74, 6) is 0.583. The molecule has 94 valence electrons. The number of carbonyl (C=O) groups excluding carboxylic acids is 1. The molecule has 2 N–H and O–H groups in total. The minimum Gasteiger partial charge on any atom is -0.489 e. The van der Waals surface area contributed by atoms with Gasteiger partial charge in [-0.25, -0.2) is 0 Å². The Labute approximate surface area is 140 Å². The Morgan fingerprint density at radius 1 is 1.41 bits per heavy atom. The van der Waals surface area contributed by atoms with E-state index in [-0.39, 0.29) is 19.1 Å². The van der Waals surface area contributed by atoms with Gasteiger partial charge < -0.3 is 15.2 Å². The first-order chi connectivity index (χ1) is 7.97. The minimum atomic E-state index is -0.116. The minimum absolute atomic E-state index is 0.0341. The Bertz CT molecular complexity index is 437. The maximum Gasteiger partial charge on any atom is 0.221 e. The smallest absolute Gasteiger partial charge is 0.221 e. The van der Waals surface area contributed by atoms with Gasteiger partial charge in [-0.2, -0.15) is 0 Å². The molecule has 0 atom stereocenters. The largest absolute Gasteiger partial charge is 0.489 e. The van der Waals surface area contributed by atoms with E-state index in [1.807, 2.05) is 6.07 Å². The number of carbonyl (C=O) groups is 1. The highest BCUT2D eigenvalue weighted by molar-refractivity contribution is 14.1. The van der Waals surface area contributed by atoms with Crippen LogP contribution >= 0.6 is 67.8 Å². The van der Waals surface area contributed by atoms with Crippen molar-refractivity contribution in [2.75, 3.05) is 18.5 Å². The molecular formula is C10H10I3NO3. The summed E-state index contributed by atoms with van der Waals surface area (Å²) in [4.78, 5) is 11.1. The number of aliphatic hydroxyl groups is 1. The second kappa shape index (κ2) is 7.28. The van der Waals surface area contributed by atoms with Crippen LogP contribution in [0, 0.1) is 10.7 Å². The third-order valence-corrected chi connectivity index (χ3v) is 4.45. The highest BCUT2D eigenvalue weighted by Gasteiger charge is 2.16. The van der Waals surface area contributed by atoms with Crippen LogP contribution in [0.25, 0.3) is 0 Å². The van der Waals surface area contributed by atoms with E-state index in [4.69, 9.17) is 9.84 Å². The maximum absolute atomic E-state index is 11.1. The third-order valence-electron chi connectivity index (χ3n) is 1.77. The van der Waals surface area contributed by atoms with Gasteiger partial charge in [0.25, 0.3) is 0 Å². The van der Waals surface area contributed by atoms with Gasteiger partial charge in [-0.1, -0.05) is 0 Å². The molecule has 0 saturated heterocycles. The molecule has 0 fully saturated rings. The van der Waals surface area contributed by atoms with Crippen molar-refractivity contribution in [3.8, 4) is 5.75 Å². The van der Waals surface area contributed by atoms with Crippen LogP contribution in [0.5, 0.6) is 5.75 Å². The Balaban J connectivity index is 3.17. The summed E-state index contributed by atoms with van der Waals surface area (Å²) >= 11 is 6.48. The molecule has 0 spiro atoms. The molecule has 0 aliphatic rings. The molecule has 0 aliphatic heterocycles. The number of anilines is 1. The zero-order chi connectivity index (χ0) is 13.0. The molecule has 1 amide bonds. The number of aliphatic hydroxyl groups excluding tert-OH is 1. The van der Waals surface area contributed by atoms with Gasteiger partial charge in [0.2, 0.25) is 5.91 Å². The van der Waals surface area contributed by atoms with Gasteiger partial charge in [-0.15, -0.1) is 0 Å². The number of benzene rings is 1. The van der Waals surface area contributed by atoms with Crippen molar-refractivity contribution in [3.63, 3.8) is 0 Å². The summed E-state index contributed by atoms with van der Waals surface area (Å²) in [7, 11) is 0. The fraction of sp³-hybridized carbons (Fsp3) is 0.300. The summed E-state index contributed by atoms with van der Waals surface area (Å²) in [6.45, 7) is 1.68. The number of amides is 1. The molecule has 0 unspecified atom stereocenters. The average molecular weight is 573 g/mol. The average Bonchev–Trinajstić information content (AvgIpc) is 2.23. The van der Waals surface area contributed by atoms with Crippen LogP contribution in [-0.2, 0) is 4.79 Å². The van der Waals surface area contributed by atoms with Gasteiger partial charge in [-0.05, 0) is 73.8 Å². The van der Waals surface area contributed by atoms with Gasteiger partial charge in [0.15, 0.2) is 0 Å². The molecule has 7 heteroatoms. The van der Waals surface area contributed by atoms with Crippen molar-refractivity contribution in [1.82, 2.24) is 0 Å². The first-order valence-corrected chi connectivity index (χ1v) is 7.89. The van der Waals surface area contributed by atoms with E-state index in [0.717, 1.165) is 16.4 Å². The highest BCUT2D eigenvalue weighted by atomic mass is 127. The fourth-order valence-electron chi connectivity index (χ4n) is 1.14. The molecule has 0 aromatic heterocycles. The zero-order valence-corrected chi connectivity index (χ0v) is 15.4. The maximum atomic E-state index is 11.1. The van der Waals surface area contributed by atoms with Crippen molar-refractivity contribution >= 4 is 79.4 Å². The van der Waals surface area contributed by atoms with Crippen molar-refractivity contribution in [2.45, 2.75) is 6.92 Å². The summed E-state index contributed by atoms with van der Waals surface area (Å²) in [6, 6.07) is 1.93. The molecule has 0 radical (unpaired) electrons. The van der Waals surface area contributed by atoms with E-state index >= 15 is 0 Å². The molecule has 0 saturated carbocycles. The van der Waals surface area contributed by atoms with E-state index in [1.54, 1.807) is 0 Å². The molecule has 1 rings (SSSR count). The van der Waals surface area contributed by atoms with E-state index < -0.39 is 0 Å². The van der Waals surface area contributed by atoms with Gasteiger partial charge in [-0.3, -0.25) is 4.79 Å². The summed E-state index contributed by atoms with van der Waals surface area (Å²) in [6.07, 6.45) is 0. The molecule has 0 heterocycles. The topological polar surface area (TPSA) is 58.6 Å². The van der Waals surface area contributed by atoms with Gasteiger partial charge >= 0.3 is 0 Å². The lowest BCUT2D eigenvalue weighted by Crippen LogP contribution is -2.11.